The monoisotopic (exact) mass is 274 g/mol. The van der Waals surface area contributed by atoms with Crippen LogP contribution in [-0.2, 0) is 0 Å². The quantitative estimate of drug-likeness (QED) is 0.371. The van der Waals surface area contributed by atoms with Crippen molar-refractivity contribution in [3.63, 3.8) is 0 Å². The third-order valence-corrected chi connectivity index (χ3v) is 0. The average molecular weight is 274 g/mol. The molecule has 0 bridgehead atoms. The molecule has 0 spiro atoms. The molecule has 0 fully saturated rings. The first-order valence-electron chi connectivity index (χ1n) is 0. The van der Waals surface area contributed by atoms with E-state index in [0.29, 0.717) is 0 Å². The van der Waals surface area contributed by atoms with Crippen molar-refractivity contribution in [2.24, 2.45) is 0 Å². The molecule has 14 heteroatoms. The molecule has 0 aliphatic carbocycles. The molecule has 13 nitrogen and oxygen atoms in total. The largest absolute Gasteiger partial charge is 1.00 e. The first-order valence-corrected chi connectivity index (χ1v) is 0. The molecule has 0 rings (SSSR count). The van der Waals surface area contributed by atoms with Gasteiger partial charge < -0.3 is 72.6 Å². The summed E-state index contributed by atoms with van der Waals surface area (Å²) in [6.07, 6.45) is 0. The molecule has 26 N–H and O–H groups in total. The Morgan fingerprint density at radius 3 is 0.214 bits per heavy atom. The van der Waals surface area contributed by atoms with Gasteiger partial charge in [-0.15, -0.1) is 0 Å². The molecule has 0 aliphatic heterocycles. The fourth-order valence-corrected chi connectivity index (χ4v) is 0. The Morgan fingerprint density at radius 2 is 0.214 bits per heavy atom. The zero-order valence-electron chi connectivity index (χ0n) is 8.50. The number of hydrogen-bond donors (Lipinski definition) is 0. The minimum atomic E-state index is 0. The van der Waals surface area contributed by atoms with E-state index in [4.69, 9.17) is 0 Å². The third-order valence-electron chi connectivity index (χ3n) is 0. The summed E-state index contributed by atoms with van der Waals surface area (Å²) in [5, 5.41) is 0. The van der Waals surface area contributed by atoms with Crippen molar-refractivity contribution in [3.8, 4) is 0 Å². The summed E-state index contributed by atoms with van der Waals surface area (Å²) >= 11 is 0. The second kappa shape index (κ2) is 1950. The molecule has 0 aromatic carbocycles. The molecule has 0 heterocycles. The Morgan fingerprint density at radius 1 is 0.214 bits per heavy atom. The SMILES string of the molecule is O.O.O.O.O.O.O.O.O.O.O.O.O.[H-].[K+]. The Labute approximate surface area is 123 Å². The predicted octanol–water partition coefficient (Wildman–Crippen LogP) is -13.6. The molecular weight excluding hydrogens is 247 g/mol. The molecule has 0 atom stereocenters. The van der Waals surface area contributed by atoms with Crippen molar-refractivity contribution in [3.05, 3.63) is 0 Å². The molecule has 0 radical (unpaired) electrons. The Hall–Kier alpha value is 1.12. The van der Waals surface area contributed by atoms with Gasteiger partial charge in [-0.05, 0) is 0 Å². The van der Waals surface area contributed by atoms with Crippen molar-refractivity contribution in [2.45, 2.75) is 0 Å². The van der Waals surface area contributed by atoms with Gasteiger partial charge in [0.2, 0.25) is 0 Å². The molecule has 106 valence electrons. The second-order valence-corrected chi connectivity index (χ2v) is 0. The van der Waals surface area contributed by atoms with Crippen LogP contribution >= 0.6 is 0 Å². The van der Waals surface area contributed by atoms with Gasteiger partial charge in [0.15, 0.2) is 0 Å². The number of rotatable bonds is 0. The van der Waals surface area contributed by atoms with E-state index < -0.39 is 0 Å². The van der Waals surface area contributed by atoms with Gasteiger partial charge in [-0.2, -0.15) is 0 Å². The van der Waals surface area contributed by atoms with Gasteiger partial charge in [0, 0.05) is 0 Å². The van der Waals surface area contributed by atoms with Gasteiger partial charge in [0.25, 0.3) is 0 Å². The van der Waals surface area contributed by atoms with Crippen LogP contribution in [0.4, 0.5) is 0 Å². The smallest absolute Gasteiger partial charge is 1.00 e. The van der Waals surface area contributed by atoms with Crippen molar-refractivity contribution in [2.75, 3.05) is 0 Å². The summed E-state index contributed by atoms with van der Waals surface area (Å²) < 4.78 is 0. The maximum atomic E-state index is 0. The van der Waals surface area contributed by atoms with Crippen molar-refractivity contribution in [1.82, 2.24) is 0 Å². The zero-order valence-corrected chi connectivity index (χ0v) is 10.6. The summed E-state index contributed by atoms with van der Waals surface area (Å²) in [7, 11) is 0. The number of hydrogen-bond acceptors (Lipinski definition) is 0. The first-order chi connectivity index (χ1) is 0. The first kappa shape index (κ1) is 2420. The topological polar surface area (TPSA) is 410 Å². The molecule has 0 amide bonds. The molecule has 0 unspecified atom stereocenters. The zero-order chi connectivity index (χ0) is 0. The van der Waals surface area contributed by atoms with Gasteiger partial charge in [0.05, 0.1) is 0 Å². The Bertz CT molecular complexity index is 10.5. The predicted molar refractivity (Wildman–Crippen MR) is 48.1 cm³/mol. The van der Waals surface area contributed by atoms with E-state index in [1.54, 1.807) is 0 Å². The fraction of sp³-hybridized carbons (Fsp3) is 0. The fourth-order valence-electron chi connectivity index (χ4n) is 0. The molecule has 0 aromatic rings. The van der Waals surface area contributed by atoms with Crippen molar-refractivity contribution in [1.29, 1.82) is 0 Å². The van der Waals surface area contributed by atoms with E-state index in [-0.39, 0.29) is 124 Å². The Kier molecular flexibility index (Phi) is 336000. The van der Waals surface area contributed by atoms with Gasteiger partial charge >= 0.3 is 51.4 Å². The van der Waals surface area contributed by atoms with Crippen LogP contribution in [0.15, 0.2) is 0 Å². The molecular formula is H27KO13. The average Bonchev–Trinajstić information content (AvgIpc) is 0. The molecule has 0 aromatic heterocycles. The third kappa shape index (κ3) is 1550. The van der Waals surface area contributed by atoms with Gasteiger partial charge in [-0.1, -0.05) is 0 Å². The van der Waals surface area contributed by atoms with Crippen LogP contribution in [0.2, 0.25) is 0 Å². The summed E-state index contributed by atoms with van der Waals surface area (Å²) in [6, 6.07) is 0. The Balaban J connectivity index is 0. The minimum absolute atomic E-state index is 0. The van der Waals surface area contributed by atoms with E-state index >= 15 is 0 Å². The van der Waals surface area contributed by atoms with Gasteiger partial charge in [0.1, 0.15) is 0 Å². The minimum Gasteiger partial charge on any atom is -1.00 e. The summed E-state index contributed by atoms with van der Waals surface area (Å²) in [5.41, 5.74) is 0. The molecule has 0 saturated carbocycles. The van der Waals surface area contributed by atoms with Crippen molar-refractivity contribution < 1.29 is 124 Å². The second-order valence-electron chi connectivity index (χ2n) is 0. The van der Waals surface area contributed by atoms with Crippen LogP contribution in [0, 0.1) is 0 Å². The molecule has 0 saturated heterocycles. The van der Waals surface area contributed by atoms with Gasteiger partial charge in [-0.25, -0.2) is 0 Å². The molecule has 14 heavy (non-hydrogen) atoms. The van der Waals surface area contributed by atoms with Crippen LogP contribution in [0.1, 0.15) is 1.43 Å². The van der Waals surface area contributed by atoms with Crippen LogP contribution in [0.5, 0.6) is 0 Å². The van der Waals surface area contributed by atoms with Crippen LogP contribution < -0.4 is 51.4 Å². The van der Waals surface area contributed by atoms with Crippen LogP contribution in [0.3, 0.4) is 0 Å². The summed E-state index contributed by atoms with van der Waals surface area (Å²) in [6.45, 7) is 0. The van der Waals surface area contributed by atoms with Gasteiger partial charge in [-0.3, -0.25) is 0 Å². The molecule has 0 aliphatic rings. The van der Waals surface area contributed by atoms with E-state index in [1.807, 2.05) is 0 Å². The van der Waals surface area contributed by atoms with E-state index in [9.17, 15) is 0 Å². The van der Waals surface area contributed by atoms with Crippen LogP contribution in [0.25, 0.3) is 0 Å². The van der Waals surface area contributed by atoms with E-state index in [2.05, 4.69) is 0 Å². The van der Waals surface area contributed by atoms with E-state index in [1.165, 1.54) is 0 Å². The maximum absolute atomic E-state index is 0. The van der Waals surface area contributed by atoms with E-state index in [0.717, 1.165) is 0 Å². The van der Waals surface area contributed by atoms with Crippen LogP contribution in [-0.4, -0.2) is 71.2 Å². The summed E-state index contributed by atoms with van der Waals surface area (Å²) in [4.78, 5) is 0. The maximum Gasteiger partial charge on any atom is 1.00 e. The van der Waals surface area contributed by atoms with Crippen molar-refractivity contribution >= 4 is 0 Å². The normalized spacial score (nSPS) is 0. The standard InChI is InChI=1S/K.13H2O.H/h;13*1H2;/q+1;;;;;;;;;;;;;;-1. The summed E-state index contributed by atoms with van der Waals surface area (Å²) in [5.74, 6) is 0.